The highest BCUT2D eigenvalue weighted by atomic mass is 16.4. The minimum atomic E-state index is -0.760. The van der Waals surface area contributed by atoms with Crippen LogP contribution >= 0.6 is 0 Å². The van der Waals surface area contributed by atoms with Crippen LogP contribution in [0.25, 0.3) is 0 Å². The van der Waals surface area contributed by atoms with Crippen molar-refractivity contribution >= 4 is 11.9 Å². The zero-order chi connectivity index (χ0) is 12.3. The molecule has 0 unspecified atom stereocenters. The van der Waals surface area contributed by atoms with E-state index in [1.54, 1.807) is 0 Å². The van der Waals surface area contributed by atoms with Gasteiger partial charge in [-0.05, 0) is 12.8 Å². The number of aliphatic carboxylic acids is 1. The van der Waals surface area contributed by atoms with Crippen LogP contribution in [0, 0.1) is 11.3 Å². The van der Waals surface area contributed by atoms with Gasteiger partial charge in [0, 0.05) is 19.6 Å². The molecule has 1 saturated carbocycles. The summed E-state index contributed by atoms with van der Waals surface area (Å²) in [5.41, 5.74) is -0.717. The lowest BCUT2D eigenvalue weighted by atomic mass is 9.74. The van der Waals surface area contributed by atoms with Crippen molar-refractivity contribution in [2.24, 2.45) is 11.3 Å². The first-order valence-corrected chi connectivity index (χ1v) is 6.36. The van der Waals surface area contributed by atoms with Crippen molar-refractivity contribution in [3.8, 4) is 0 Å². The summed E-state index contributed by atoms with van der Waals surface area (Å²) >= 11 is 0. The third-order valence-corrected chi connectivity index (χ3v) is 4.02. The first-order chi connectivity index (χ1) is 8.14. The van der Waals surface area contributed by atoms with E-state index < -0.39 is 11.4 Å². The lowest BCUT2D eigenvalue weighted by Crippen LogP contribution is -2.53. The second-order valence-corrected chi connectivity index (χ2v) is 5.22. The Hall–Kier alpha value is -1.10. The van der Waals surface area contributed by atoms with Gasteiger partial charge in [0.15, 0.2) is 0 Å². The molecule has 1 aliphatic carbocycles. The van der Waals surface area contributed by atoms with Crippen molar-refractivity contribution in [1.82, 2.24) is 10.6 Å². The van der Waals surface area contributed by atoms with Gasteiger partial charge >= 0.3 is 5.97 Å². The molecule has 0 atom stereocenters. The van der Waals surface area contributed by atoms with Gasteiger partial charge in [0.2, 0.25) is 5.91 Å². The first kappa shape index (κ1) is 12.4. The zero-order valence-electron chi connectivity index (χ0n) is 10.00. The third kappa shape index (κ3) is 2.60. The maximum Gasteiger partial charge on any atom is 0.311 e. The molecule has 0 spiro atoms. The van der Waals surface area contributed by atoms with Crippen LogP contribution in [0.2, 0.25) is 0 Å². The summed E-state index contributed by atoms with van der Waals surface area (Å²) < 4.78 is 0. The molecular formula is C12H20N2O3. The molecule has 2 rings (SSSR count). The van der Waals surface area contributed by atoms with E-state index in [2.05, 4.69) is 10.6 Å². The second-order valence-electron chi connectivity index (χ2n) is 5.22. The standard InChI is InChI=1S/C12H20N2O3/c15-10(9-6-13-7-9)14-8-12(11(16)17)4-2-1-3-5-12/h9,13H,1-8H2,(H,14,15)(H,16,17). The highest BCUT2D eigenvalue weighted by Crippen LogP contribution is 2.36. The quantitative estimate of drug-likeness (QED) is 0.663. The van der Waals surface area contributed by atoms with Crippen LogP contribution in [0.5, 0.6) is 0 Å². The fourth-order valence-electron chi connectivity index (χ4n) is 2.57. The van der Waals surface area contributed by atoms with E-state index in [9.17, 15) is 14.7 Å². The Morgan fingerprint density at radius 2 is 1.88 bits per heavy atom. The maximum absolute atomic E-state index is 11.7. The van der Waals surface area contributed by atoms with Gasteiger partial charge in [-0.1, -0.05) is 19.3 Å². The number of carboxylic acids is 1. The Kier molecular flexibility index (Phi) is 3.66. The van der Waals surface area contributed by atoms with Gasteiger partial charge < -0.3 is 15.7 Å². The van der Waals surface area contributed by atoms with Gasteiger partial charge in [0.05, 0.1) is 11.3 Å². The van der Waals surface area contributed by atoms with Crippen LogP contribution in [-0.2, 0) is 9.59 Å². The lowest BCUT2D eigenvalue weighted by Gasteiger charge is -2.34. The zero-order valence-corrected chi connectivity index (χ0v) is 10.00. The topological polar surface area (TPSA) is 78.4 Å². The van der Waals surface area contributed by atoms with Gasteiger partial charge in [0.1, 0.15) is 0 Å². The molecule has 17 heavy (non-hydrogen) atoms. The summed E-state index contributed by atoms with van der Waals surface area (Å²) in [6.45, 7) is 1.72. The Morgan fingerprint density at radius 3 is 2.35 bits per heavy atom. The predicted octanol–water partition coefficient (Wildman–Crippen LogP) is 0.357. The maximum atomic E-state index is 11.7. The van der Waals surface area contributed by atoms with Crippen molar-refractivity contribution < 1.29 is 14.7 Å². The molecule has 0 aromatic carbocycles. The molecule has 5 heteroatoms. The SMILES string of the molecule is O=C(NCC1(C(=O)O)CCCCC1)C1CNC1. The monoisotopic (exact) mass is 240 g/mol. The van der Waals surface area contributed by atoms with Gasteiger partial charge in [-0.3, -0.25) is 9.59 Å². The van der Waals surface area contributed by atoms with E-state index in [1.807, 2.05) is 0 Å². The average Bonchev–Trinajstić information content (AvgIpc) is 2.25. The van der Waals surface area contributed by atoms with Gasteiger partial charge in [-0.15, -0.1) is 0 Å². The van der Waals surface area contributed by atoms with E-state index in [0.29, 0.717) is 25.9 Å². The number of carbonyl (C=O) groups is 2. The number of amides is 1. The van der Waals surface area contributed by atoms with Crippen LogP contribution < -0.4 is 10.6 Å². The second kappa shape index (κ2) is 5.04. The van der Waals surface area contributed by atoms with Gasteiger partial charge in [0.25, 0.3) is 0 Å². The molecule has 3 N–H and O–H groups in total. The number of hydrogen-bond acceptors (Lipinski definition) is 3. The Balaban J connectivity index is 1.88. The summed E-state index contributed by atoms with van der Waals surface area (Å²) in [7, 11) is 0. The molecule has 1 aliphatic heterocycles. The molecule has 0 radical (unpaired) electrons. The van der Waals surface area contributed by atoms with Crippen LogP contribution in [-0.4, -0.2) is 36.6 Å². The number of nitrogens with one attached hydrogen (secondary N) is 2. The van der Waals surface area contributed by atoms with Crippen LogP contribution in [0.15, 0.2) is 0 Å². The molecule has 0 aromatic heterocycles. The Morgan fingerprint density at radius 1 is 1.24 bits per heavy atom. The molecular weight excluding hydrogens is 220 g/mol. The summed E-state index contributed by atoms with van der Waals surface area (Å²) in [6, 6.07) is 0. The minimum Gasteiger partial charge on any atom is -0.481 e. The Bertz CT molecular complexity index is 307. The largest absolute Gasteiger partial charge is 0.481 e. The van der Waals surface area contributed by atoms with Crippen molar-refractivity contribution in [3.63, 3.8) is 0 Å². The summed E-state index contributed by atoms with van der Waals surface area (Å²) in [6.07, 6.45) is 4.38. The fraction of sp³-hybridized carbons (Fsp3) is 0.833. The van der Waals surface area contributed by atoms with Crippen LogP contribution in [0.3, 0.4) is 0 Å². The van der Waals surface area contributed by atoms with E-state index in [4.69, 9.17) is 0 Å². The highest BCUT2D eigenvalue weighted by molar-refractivity contribution is 5.81. The van der Waals surface area contributed by atoms with Crippen molar-refractivity contribution in [3.05, 3.63) is 0 Å². The summed E-state index contributed by atoms with van der Waals surface area (Å²) in [5.74, 6) is -0.733. The molecule has 1 saturated heterocycles. The van der Waals surface area contributed by atoms with Crippen LogP contribution in [0.4, 0.5) is 0 Å². The number of hydrogen-bond donors (Lipinski definition) is 3. The van der Waals surface area contributed by atoms with E-state index in [1.165, 1.54) is 0 Å². The van der Waals surface area contributed by atoms with E-state index >= 15 is 0 Å². The fourth-order valence-corrected chi connectivity index (χ4v) is 2.57. The highest BCUT2D eigenvalue weighted by Gasteiger charge is 2.40. The first-order valence-electron chi connectivity index (χ1n) is 6.36. The normalized spacial score (nSPS) is 23.8. The molecule has 1 amide bonds. The van der Waals surface area contributed by atoms with Gasteiger partial charge in [-0.25, -0.2) is 0 Å². The van der Waals surface area contributed by atoms with Gasteiger partial charge in [-0.2, -0.15) is 0 Å². The van der Waals surface area contributed by atoms with Crippen molar-refractivity contribution in [2.45, 2.75) is 32.1 Å². The number of carboxylic acid groups (broad SMARTS) is 1. The number of rotatable bonds is 4. The van der Waals surface area contributed by atoms with Crippen molar-refractivity contribution in [2.75, 3.05) is 19.6 Å². The Labute approximate surface area is 101 Å². The molecule has 96 valence electrons. The minimum absolute atomic E-state index is 0.00468. The summed E-state index contributed by atoms with van der Waals surface area (Å²) in [4.78, 5) is 23.1. The number of carbonyl (C=O) groups excluding carboxylic acids is 1. The molecule has 5 nitrogen and oxygen atoms in total. The summed E-state index contributed by atoms with van der Waals surface area (Å²) in [5, 5.41) is 15.2. The molecule has 1 heterocycles. The third-order valence-electron chi connectivity index (χ3n) is 4.02. The van der Waals surface area contributed by atoms with Crippen molar-refractivity contribution in [1.29, 1.82) is 0 Å². The molecule has 0 aromatic rings. The van der Waals surface area contributed by atoms with E-state index in [-0.39, 0.29) is 18.4 Å². The van der Waals surface area contributed by atoms with Crippen LogP contribution in [0.1, 0.15) is 32.1 Å². The average molecular weight is 240 g/mol. The molecule has 2 aliphatic rings. The predicted molar refractivity (Wildman–Crippen MR) is 62.5 cm³/mol. The lowest BCUT2D eigenvalue weighted by molar-refractivity contribution is -0.151. The van der Waals surface area contributed by atoms with E-state index in [0.717, 1.165) is 19.3 Å². The smallest absolute Gasteiger partial charge is 0.311 e. The molecule has 0 bridgehead atoms. The molecule has 2 fully saturated rings.